The van der Waals surface area contributed by atoms with Gasteiger partial charge in [-0.15, -0.1) is 0 Å². The van der Waals surface area contributed by atoms with Gasteiger partial charge >= 0.3 is 0 Å². The Morgan fingerprint density at radius 2 is 2.30 bits per heavy atom. The zero-order valence-electron chi connectivity index (χ0n) is 13.4. The Kier molecular flexibility index (Phi) is 5.25. The van der Waals surface area contributed by atoms with Crippen molar-refractivity contribution in [3.63, 3.8) is 0 Å². The highest BCUT2D eigenvalue weighted by atomic mass is 19.1. The first-order valence-corrected chi connectivity index (χ1v) is 8.25. The third-order valence-electron chi connectivity index (χ3n) is 4.63. The third kappa shape index (κ3) is 3.88. The lowest BCUT2D eigenvalue weighted by Crippen LogP contribution is -2.42. The van der Waals surface area contributed by atoms with E-state index in [0.29, 0.717) is 13.1 Å². The van der Waals surface area contributed by atoms with Gasteiger partial charge in [0, 0.05) is 26.7 Å². The zero-order valence-corrected chi connectivity index (χ0v) is 13.4. The van der Waals surface area contributed by atoms with Gasteiger partial charge in [-0.2, -0.15) is 0 Å². The van der Waals surface area contributed by atoms with Crippen LogP contribution in [0.3, 0.4) is 0 Å². The molecule has 2 N–H and O–H groups in total. The van der Waals surface area contributed by atoms with E-state index in [2.05, 4.69) is 10.9 Å². The van der Waals surface area contributed by atoms with Crippen molar-refractivity contribution < 1.29 is 13.9 Å². The summed E-state index contributed by atoms with van der Waals surface area (Å²) in [5, 5.41) is 0. The highest BCUT2D eigenvalue weighted by Crippen LogP contribution is 2.27. The van der Waals surface area contributed by atoms with Crippen LogP contribution in [0.15, 0.2) is 24.3 Å². The summed E-state index contributed by atoms with van der Waals surface area (Å²) in [6, 6.07) is 6.20. The van der Waals surface area contributed by atoms with Gasteiger partial charge in [-0.05, 0) is 37.0 Å². The average molecular weight is 321 g/mol. The van der Waals surface area contributed by atoms with Crippen LogP contribution < -0.4 is 10.9 Å². The van der Waals surface area contributed by atoms with Crippen LogP contribution in [0.2, 0.25) is 0 Å². The number of nitrogens with one attached hydrogen (secondary N) is 2. The molecule has 1 aromatic carbocycles. The Bertz CT molecular complexity index is 548. The van der Waals surface area contributed by atoms with Gasteiger partial charge in [0.1, 0.15) is 5.82 Å². The third-order valence-corrected chi connectivity index (χ3v) is 4.63. The molecule has 3 unspecified atom stereocenters. The molecular formula is C17H24FN3O2. The number of hydrazine groups is 1. The number of carbonyl (C=O) groups is 1. The van der Waals surface area contributed by atoms with Gasteiger partial charge in [0.05, 0.1) is 18.1 Å². The molecule has 3 rings (SSSR count). The molecular weight excluding hydrogens is 297 g/mol. The lowest BCUT2D eigenvalue weighted by atomic mass is 9.93. The summed E-state index contributed by atoms with van der Waals surface area (Å²) < 4.78 is 19.2. The fraction of sp³-hybridized carbons (Fsp3) is 0.588. The molecule has 2 aliphatic heterocycles. The van der Waals surface area contributed by atoms with Gasteiger partial charge in [-0.3, -0.25) is 10.2 Å². The predicted molar refractivity (Wildman–Crippen MR) is 85.0 cm³/mol. The van der Waals surface area contributed by atoms with Crippen LogP contribution in [0.5, 0.6) is 0 Å². The first kappa shape index (κ1) is 16.4. The van der Waals surface area contributed by atoms with Crippen molar-refractivity contribution in [3.05, 3.63) is 35.6 Å². The quantitative estimate of drug-likeness (QED) is 0.885. The van der Waals surface area contributed by atoms with Gasteiger partial charge in [0.2, 0.25) is 5.91 Å². The van der Waals surface area contributed by atoms with Crippen molar-refractivity contribution in [2.24, 2.45) is 5.92 Å². The molecule has 1 aromatic rings. The van der Waals surface area contributed by atoms with Crippen LogP contribution in [-0.2, 0) is 9.53 Å². The molecule has 0 aliphatic carbocycles. The summed E-state index contributed by atoms with van der Waals surface area (Å²) in [7, 11) is 1.82. The van der Waals surface area contributed by atoms with Crippen LogP contribution in [0.1, 0.15) is 30.9 Å². The molecule has 2 aliphatic rings. The van der Waals surface area contributed by atoms with Gasteiger partial charge in [-0.25, -0.2) is 9.82 Å². The van der Waals surface area contributed by atoms with E-state index in [4.69, 9.17) is 4.74 Å². The Morgan fingerprint density at radius 1 is 1.43 bits per heavy atom. The summed E-state index contributed by atoms with van der Waals surface area (Å²) in [6.45, 7) is 1.94. The lowest BCUT2D eigenvalue weighted by molar-refractivity contribution is -0.136. The van der Waals surface area contributed by atoms with Gasteiger partial charge in [0.25, 0.3) is 0 Å². The summed E-state index contributed by atoms with van der Waals surface area (Å²) in [6.07, 6.45) is 3.40. The number of hydrogen-bond donors (Lipinski definition) is 2. The number of carbonyl (C=O) groups excluding carboxylic acids is 1. The number of hydrogen-bond acceptors (Lipinski definition) is 4. The van der Waals surface area contributed by atoms with E-state index in [1.807, 2.05) is 13.1 Å². The Balaban J connectivity index is 1.65. The number of amides is 1. The Hall–Kier alpha value is -1.50. The number of likely N-dealkylation sites (N-methyl/N-ethyl adjacent to an activating group) is 1. The normalized spacial score (nSPS) is 27.8. The minimum absolute atomic E-state index is 0.0611. The molecule has 0 radical (unpaired) electrons. The van der Waals surface area contributed by atoms with E-state index in [-0.39, 0.29) is 29.8 Å². The second-order valence-corrected chi connectivity index (χ2v) is 6.37. The van der Waals surface area contributed by atoms with Crippen molar-refractivity contribution in [1.82, 2.24) is 15.8 Å². The highest BCUT2D eigenvalue weighted by Gasteiger charge is 2.36. The zero-order chi connectivity index (χ0) is 16.2. The van der Waals surface area contributed by atoms with Crippen LogP contribution in [0, 0.1) is 11.7 Å². The van der Waals surface area contributed by atoms with E-state index in [1.165, 1.54) is 12.1 Å². The minimum Gasteiger partial charge on any atom is -0.376 e. The number of benzene rings is 1. The molecule has 0 spiro atoms. The van der Waals surface area contributed by atoms with Crippen LogP contribution in [-0.4, -0.2) is 43.7 Å². The number of nitrogens with zero attached hydrogens (tertiary/aromatic N) is 1. The number of rotatable bonds is 4. The van der Waals surface area contributed by atoms with E-state index in [0.717, 1.165) is 31.4 Å². The molecule has 6 heteroatoms. The van der Waals surface area contributed by atoms with Gasteiger partial charge in [-0.1, -0.05) is 12.1 Å². The van der Waals surface area contributed by atoms with E-state index in [1.54, 1.807) is 11.0 Å². The van der Waals surface area contributed by atoms with Crippen molar-refractivity contribution >= 4 is 5.91 Å². The molecule has 5 nitrogen and oxygen atoms in total. The lowest BCUT2D eigenvalue weighted by Gasteiger charge is -2.30. The van der Waals surface area contributed by atoms with Crippen molar-refractivity contribution in [1.29, 1.82) is 0 Å². The molecule has 3 atom stereocenters. The summed E-state index contributed by atoms with van der Waals surface area (Å²) in [5.74, 6) is -0.470. The SMILES string of the molecule is CN(CC1CCCCO1)C(=O)C1CNNC1c1cccc(F)c1. The minimum atomic E-state index is -0.286. The molecule has 2 fully saturated rings. The molecule has 1 amide bonds. The number of halogens is 1. The molecule has 2 saturated heterocycles. The first-order chi connectivity index (χ1) is 11.1. The maximum atomic E-state index is 13.5. The maximum absolute atomic E-state index is 13.5. The second kappa shape index (κ2) is 7.38. The fourth-order valence-electron chi connectivity index (χ4n) is 3.37. The van der Waals surface area contributed by atoms with Gasteiger partial charge < -0.3 is 9.64 Å². The monoisotopic (exact) mass is 321 g/mol. The first-order valence-electron chi connectivity index (χ1n) is 8.25. The van der Waals surface area contributed by atoms with Crippen LogP contribution in [0.4, 0.5) is 4.39 Å². The van der Waals surface area contributed by atoms with Crippen molar-refractivity contribution in [2.75, 3.05) is 26.7 Å². The smallest absolute Gasteiger partial charge is 0.228 e. The van der Waals surface area contributed by atoms with E-state index < -0.39 is 0 Å². The van der Waals surface area contributed by atoms with Crippen molar-refractivity contribution in [2.45, 2.75) is 31.4 Å². The molecule has 0 saturated carbocycles. The van der Waals surface area contributed by atoms with Gasteiger partial charge in [0.15, 0.2) is 0 Å². The largest absolute Gasteiger partial charge is 0.376 e. The molecule has 0 aromatic heterocycles. The number of ether oxygens (including phenoxy) is 1. The van der Waals surface area contributed by atoms with E-state index in [9.17, 15) is 9.18 Å². The van der Waals surface area contributed by atoms with E-state index >= 15 is 0 Å². The standard InChI is InChI=1S/C17H24FN3O2/c1-21(11-14-7-2-3-8-23-14)17(22)15-10-19-20-16(15)12-5-4-6-13(18)9-12/h4-6,9,14-16,19-20H,2-3,7-8,10-11H2,1H3. The van der Waals surface area contributed by atoms with Crippen LogP contribution >= 0.6 is 0 Å². The predicted octanol–water partition coefficient (Wildman–Crippen LogP) is 1.62. The van der Waals surface area contributed by atoms with Crippen LogP contribution in [0.25, 0.3) is 0 Å². The molecule has 0 bridgehead atoms. The topological polar surface area (TPSA) is 53.6 Å². The highest BCUT2D eigenvalue weighted by molar-refractivity contribution is 5.80. The second-order valence-electron chi connectivity index (χ2n) is 6.37. The molecule has 23 heavy (non-hydrogen) atoms. The fourth-order valence-corrected chi connectivity index (χ4v) is 3.37. The summed E-state index contributed by atoms with van der Waals surface area (Å²) in [5.41, 5.74) is 6.91. The van der Waals surface area contributed by atoms with Crippen molar-refractivity contribution in [3.8, 4) is 0 Å². The molecule has 126 valence electrons. The maximum Gasteiger partial charge on any atom is 0.228 e. The summed E-state index contributed by atoms with van der Waals surface area (Å²) in [4.78, 5) is 14.5. The Labute approximate surface area is 136 Å². The Morgan fingerprint density at radius 3 is 3.04 bits per heavy atom. The molecule has 2 heterocycles. The summed E-state index contributed by atoms with van der Waals surface area (Å²) >= 11 is 0. The average Bonchev–Trinajstić information content (AvgIpc) is 3.04.